The number of carbonyl (C=O) groups is 3. The number of carbonyl (C=O) groups excluding carboxylic acids is 3. The summed E-state index contributed by atoms with van der Waals surface area (Å²) in [6.45, 7) is 2.87. The van der Waals surface area contributed by atoms with Crippen molar-refractivity contribution >= 4 is 17.7 Å². The number of aryl methyl sites for hydroxylation is 1. The first kappa shape index (κ1) is 30.0. The summed E-state index contributed by atoms with van der Waals surface area (Å²) in [6, 6.07) is 4.26. The first-order valence-corrected chi connectivity index (χ1v) is 13.2. The van der Waals surface area contributed by atoms with E-state index >= 15 is 0 Å². The SMILES string of the molecule is CCc1cncc(CNC[C@@H](O)[C@@H]2Cc3cc(F)cc(c3)OCCCCC(=O)N(C)C(CC(N)=O)C(=O)N2)c1. The highest BCUT2D eigenvalue weighted by atomic mass is 19.1. The molecule has 1 aliphatic heterocycles. The molecule has 2 bridgehead atoms. The molecule has 0 radical (unpaired) electrons. The highest BCUT2D eigenvalue weighted by Crippen LogP contribution is 2.20. The maximum Gasteiger partial charge on any atom is 0.243 e. The van der Waals surface area contributed by atoms with Crippen molar-refractivity contribution in [3.8, 4) is 5.75 Å². The van der Waals surface area contributed by atoms with Gasteiger partial charge in [0.1, 0.15) is 17.6 Å². The van der Waals surface area contributed by atoms with E-state index in [-0.39, 0.29) is 38.3 Å². The smallest absolute Gasteiger partial charge is 0.243 e. The van der Waals surface area contributed by atoms with Crippen LogP contribution >= 0.6 is 0 Å². The van der Waals surface area contributed by atoms with Crippen molar-refractivity contribution in [2.24, 2.45) is 5.73 Å². The first-order valence-electron chi connectivity index (χ1n) is 13.2. The largest absolute Gasteiger partial charge is 0.493 e. The number of hydrogen-bond acceptors (Lipinski definition) is 7. The van der Waals surface area contributed by atoms with Crippen molar-refractivity contribution in [2.45, 2.75) is 70.2 Å². The van der Waals surface area contributed by atoms with Crippen LogP contribution in [0.1, 0.15) is 49.3 Å². The van der Waals surface area contributed by atoms with Crippen molar-refractivity contribution in [1.29, 1.82) is 0 Å². The molecule has 3 atom stereocenters. The molecule has 0 saturated carbocycles. The van der Waals surface area contributed by atoms with Crippen molar-refractivity contribution in [2.75, 3.05) is 20.2 Å². The highest BCUT2D eigenvalue weighted by Gasteiger charge is 2.32. The zero-order valence-corrected chi connectivity index (χ0v) is 22.5. The molecule has 1 aromatic carbocycles. The molecule has 1 aliphatic rings. The Kier molecular flexibility index (Phi) is 11.2. The molecule has 39 heavy (non-hydrogen) atoms. The summed E-state index contributed by atoms with van der Waals surface area (Å²) in [5, 5.41) is 17.1. The fourth-order valence-corrected chi connectivity index (χ4v) is 4.49. The Hall–Kier alpha value is -3.57. The fraction of sp³-hybridized carbons (Fsp3) is 0.500. The number of benzene rings is 1. The molecule has 2 heterocycles. The first-order chi connectivity index (χ1) is 18.7. The van der Waals surface area contributed by atoms with Gasteiger partial charge in [0.05, 0.1) is 25.2 Å². The van der Waals surface area contributed by atoms with Crippen LogP contribution in [0.2, 0.25) is 0 Å². The number of amides is 3. The van der Waals surface area contributed by atoms with Crippen LogP contribution in [0, 0.1) is 5.82 Å². The molecule has 3 rings (SSSR count). The predicted molar refractivity (Wildman–Crippen MR) is 143 cm³/mol. The minimum Gasteiger partial charge on any atom is -0.493 e. The maximum atomic E-state index is 14.4. The number of nitrogens with one attached hydrogen (secondary N) is 2. The predicted octanol–water partition coefficient (Wildman–Crippen LogP) is 1.23. The second-order valence-electron chi connectivity index (χ2n) is 9.86. The van der Waals surface area contributed by atoms with Crippen molar-refractivity contribution in [3.63, 3.8) is 0 Å². The van der Waals surface area contributed by atoms with Crippen LogP contribution in [0.15, 0.2) is 36.7 Å². The van der Waals surface area contributed by atoms with E-state index in [9.17, 15) is 23.9 Å². The molecule has 3 amide bonds. The normalized spacial score (nSPS) is 19.8. The number of aromatic nitrogens is 1. The number of hydrogen-bond donors (Lipinski definition) is 4. The average Bonchev–Trinajstić information content (AvgIpc) is 2.90. The summed E-state index contributed by atoms with van der Waals surface area (Å²) < 4.78 is 20.1. The van der Waals surface area contributed by atoms with Gasteiger partial charge in [0, 0.05) is 45.0 Å². The van der Waals surface area contributed by atoms with Gasteiger partial charge in [-0.2, -0.15) is 0 Å². The van der Waals surface area contributed by atoms with E-state index in [0.717, 1.165) is 17.5 Å². The zero-order valence-electron chi connectivity index (χ0n) is 22.5. The third-order valence-corrected chi connectivity index (χ3v) is 6.73. The lowest BCUT2D eigenvalue weighted by Crippen LogP contribution is -2.55. The Labute approximate surface area is 228 Å². The summed E-state index contributed by atoms with van der Waals surface area (Å²) in [6.07, 6.45) is 4.17. The standard InChI is InChI=1S/C28H38FN5O5/c1-3-18-8-20(15-31-14-18)16-32-17-25(35)23-11-19-9-21(29)12-22(10-19)39-7-5-4-6-27(37)34(2)24(13-26(30)36)28(38)33-23/h8-10,12,14-15,23-25,32,35H,3-7,11,13,16-17H2,1-2H3,(H2,30,36)(H,33,38)/t23-,24?,25+/m0/s1. The summed E-state index contributed by atoms with van der Waals surface area (Å²) in [7, 11) is 1.45. The van der Waals surface area contributed by atoms with Crippen LogP contribution in [0.3, 0.4) is 0 Å². The van der Waals surface area contributed by atoms with Crippen LogP contribution in [-0.4, -0.2) is 71.1 Å². The Bertz CT molecular complexity index is 1150. The Morgan fingerprint density at radius 2 is 2.03 bits per heavy atom. The number of primary amides is 1. The third kappa shape index (κ3) is 9.29. The number of aliphatic hydroxyl groups excluding tert-OH is 1. The molecule has 0 aliphatic carbocycles. The van der Waals surface area contributed by atoms with E-state index in [1.165, 1.54) is 24.1 Å². The maximum absolute atomic E-state index is 14.4. The van der Waals surface area contributed by atoms with Gasteiger partial charge in [-0.25, -0.2) is 4.39 Å². The van der Waals surface area contributed by atoms with E-state index in [1.54, 1.807) is 18.5 Å². The number of pyridine rings is 1. The Morgan fingerprint density at radius 3 is 2.77 bits per heavy atom. The minimum atomic E-state index is -1.15. The van der Waals surface area contributed by atoms with E-state index in [0.29, 0.717) is 30.7 Å². The number of halogens is 1. The molecule has 5 N–H and O–H groups in total. The van der Waals surface area contributed by atoms with E-state index in [4.69, 9.17) is 10.5 Å². The van der Waals surface area contributed by atoms with Gasteiger partial charge in [0.25, 0.3) is 0 Å². The molecule has 1 unspecified atom stereocenters. The van der Waals surface area contributed by atoms with Crippen LogP contribution in [0.4, 0.5) is 4.39 Å². The van der Waals surface area contributed by atoms with Gasteiger partial charge >= 0.3 is 0 Å². The number of aliphatic hydroxyl groups is 1. The van der Waals surface area contributed by atoms with Gasteiger partial charge in [-0.3, -0.25) is 19.4 Å². The molecular formula is C28H38FN5O5. The number of fused-ring (bicyclic) bond motifs is 2. The average molecular weight is 544 g/mol. The van der Waals surface area contributed by atoms with Crippen molar-refractivity contribution < 1.29 is 28.6 Å². The monoisotopic (exact) mass is 543 g/mol. The summed E-state index contributed by atoms with van der Waals surface area (Å²) >= 11 is 0. The Morgan fingerprint density at radius 1 is 1.26 bits per heavy atom. The molecule has 0 spiro atoms. The Balaban J connectivity index is 1.83. The molecule has 2 aromatic rings. The van der Waals surface area contributed by atoms with Crippen molar-refractivity contribution in [3.05, 3.63) is 59.2 Å². The zero-order chi connectivity index (χ0) is 28.4. The summed E-state index contributed by atoms with van der Waals surface area (Å²) in [5.41, 5.74) is 7.94. The lowest BCUT2D eigenvalue weighted by Gasteiger charge is -2.30. The van der Waals surface area contributed by atoms with Gasteiger partial charge in [-0.15, -0.1) is 0 Å². The molecule has 0 saturated heterocycles. The third-order valence-electron chi connectivity index (χ3n) is 6.73. The highest BCUT2D eigenvalue weighted by molar-refractivity contribution is 5.91. The lowest BCUT2D eigenvalue weighted by molar-refractivity contribution is -0.141. The van der Waals surface area contributed by atoms with Gasteiger partial charge in [-0.05, 0) is 54.5 Å². The van der Waals surface area contributed by atoms with Crippen LogP contribution < -0.4 is 21.1 Å². The van der Waals surface area contributed by atoms with Crippen LogP contribution in [0.5, 0.6) is 5.75 Å². The van der Waals surface area contributed by atoms with E-state index < -0.39 is 35.8 Å². The van der Waals surface area contributed by atoms with Crippen LogP contribution in [0.25, 0.3) is 0 Å². The van der Waals surface area contributed by atoms with Gasteiger partial charge in [-0.1, -0.05) is 13.0 Å². The number of ether oxygens (including phenoxy) is 1. The van der Waals surface area contributed by atoms with Crippen molar-refractivity contribution in [1.82, 2.24) is 20.5 Å². The summed E-state index contributed by atoms with van der Waals surface area (Å²) in [5.74, 6) is -1.86. The molecule has 11 heteroatoms. The van der Waals surface area contributed by atoms with Gasteiger partial charge in [0.15, 0.2) is 0 Å². The topological polar surface area (TPSA) is 147 Å². The second kappa shape index (κ2) is 14.5. The molecule has 10 nitrogen and oxygen atoms in total. The number of rotatable bonds is 8. The lowest BCUT2D eigenvalue weighted by atomic mass is 9.99. The molecule has 0 fully saturated rings. The second-order valence-corrected chi connectivity index (χ2v) is 9.86. The fourth-order valence-electron chi connectivity index (χ4n) is 4.49. The molecule has 212 valence electrons. The number of nitrogens with zero attached hydrogens (tertiary/aromatic N) is 2. The number of likely N-dealkylation sites (N-methyl/N-ethyl adjacent to an activating group) is 1. The van der Waals surface area contributed by atoms with Crippen LogP contribution in [-0.2, 0) is 33.8 Å². The number of nitrogens with two attached hydrogens (primary N) is 1. The molecule has 1 aromatic heterocycles. The van der Waals surface area contributed by atoms with E-state index in [1.807, 2.05) is 13.0 Å². The van der Waals surface area contributed by atoms with Gasteiger partial charge in [0.2, 0.25) is 17.7 Å². The van der Waals surface area contributed by atoms with Gasteiger partial charge < -0.3 is 31.1 Å². The minimum absolute atomic E-state index is 0.0799. The molecular weight excluding hydrogens is 505 g/mol. The quantitative estimate of drug-likeness (QED) is 0.392. The summed E-state index contributed by atoms with van der Waals surface area (Å²) in [4.78, 5) is 43.3. The van der Waals surface area contributed by atoms with E-state index in [2.05, 4.69) is 15.6 Å².